The normalized spacial score (nSPS) is 12.5. The fourth-order valence-corrected chi connectivity index (χ4v) is 0.788. The van der Waals surface area contributed by atoms with Crippen LogP contribution in [0.1, 0.15) is 23.9 Å². The highest BCUT2D eigenvalue weighted by atomic mass is 16.5. The molecule has 0 saturated carbocycles. The number of furan rings is 1. The van der Waals surface area contributed by atoms with Gasteiger partial charge in [0.2, 0.25) is 5.76 Å². The second-order valence-electron chi connectivity index (χ2n) is 2.75. The molecular formula is C9H12O4. The van der Waals surface area contributed by atoms with Crippen LogP contribution in [0.25, 0.3) is 0 Å². The zero-order valence-corrected chi connectivity index (χ0v) is 7.40. The van der Waals surface area contributed by atoms with E-state index in [1.54, 1.807) is 13.0 Å². The minimum atomic E-state index is -0.495. The molecule has 0 aliphatic heterocycles. The zero-order chi connectivity index (χ0) is 9.68. The number of ether oxygens (including phenoxy) is 1. The Morgan fingerprint density at radius 2 is 2.54 bits per heavy atom. The van der Waals surface area contributed by atoms with Crippen molar-refractivity contribution in [3.63, 3.8) is 0 Å². The number of carbonyl (C=O) groups excluding carboxylic acids is 1. The van der Waals surface area contributed by atoms with Crippen LogP contribution in [0.2, 0.25) is 0 Å². The van der Waals surface area contributed by atoms with E-state index < -0.39 is 12.1 Å². The van der Waals surface area contributed by atoms with Crippen molar-refractivity contribution in [3.8, 4) is 0 Å². The van der Waals surface area contributed by atoms with Crippen LogP contribution < -0.4 is 0 Å². The maximum absolute atomic E-state index is 11.1. The Balaban J connectivity index is 2.27. The molecule has 1 heterocycles. The van der Waals surface area contributed by atoms with Crippen molar-refractivity contribution in [2.75, 3.05) is 6.61 Å². The van der Waals surface area contributed by atoms with E-state index in [1.807, 2.05) is 0 Å². The average Bonchev–Trinajstić information content (AvgIpc) is 2.55. The monoisotopic (exact) mass is 184 g/mol. The molecule has 0 aliphatic carbocycles. The van der Waals surface area contributed by atoms with Crippen molar-refractivity contribution in [3.05, 3.63) is 24.2 Å². The molecule has 0 fully saturated rings. The second-order valence-corrected chi connectivity index (χ2v) is 2.75. The number of carbonyl (C=O) groups is 1. The molecular weight excluding hydrogens is 172 g/mol. The molecule has 13 heavy (non-hydrogen) atoms. The van der Waals surface area contributed by atoms with Crippen molar-refractivity contribution in [1.82, 2.24) is 0 Å². The van der Waals surface area contributed by atoms with Gasteiger partial charge in [0.1, 0.15) is 0 Å². The van der Waals surface area contributed by atoms with E-state index in [1.165, 1.54) is 12.3 Å². The molecule has 0 saturated heterocycles. The third-order valence-electron chi connectivity index (χ3n) is 1.49. The Bertz CT molecular complexity index is 251. The first-order valence-corrected chi connectivity index (χ1v) is 4.09. The molecule has 0 spiro atoms. The summed E-state index contributed by atoms with van der Waals surface area (Å²) in [5.41, 5.74) is 0. The van der Waals surface area contributed by atoms with Crippen molar-refractivity contribution in [2.24, 2.45) is 0 Å². The van der Waals surface area contributed by atoms with Gasteiger partial charge < -0.3 is 14.3 Å². The molecule has 0 amide bonds. The molecule has 0 radical (unpaired) electrons. The van der Waals surface area contributed by atoms with Crippen LogP contribution in [0.15, 0.2) is 22.8 Å². The summed E-state index contributed by atoms with van der Waals surface area (Å²) in [6.07, 6.45) is 1.39. The molecule has 1 rings (SSSR count). The molecule has 72 valence electrons. The third kappa shape index (κ3) is 3.29. The van der Waals surface area contributed by atoms with Gasteiger partial charge in [0.05, 0.1) is 19.0 Å². The Morgan fingerprint density at radius 1 is 1.77 bits per heavy atom. The first-order valence-electron chi connectivity index (χ1n) is 4.09. The fraction of sp³-hybridized carbons (Fsp3) is 0.444. The molecule has 0 aromatic carbocycles. The summed E-state index contributed by atoms with van der Waals surface area (Å²) >= 11 is 0. The SMILES string of the molecule is C[C@@H](O)CCOC(=O)c1ccco1. The standard InChI is InChI=1S/C9H12O4/c1-7(10)4-6-13-9(11)8-3-2-5-12-8/h2-3,5,7,10H,4,6H2,1H3/t7-/m1/s1. The van der Waals surface area contributed by atoms with E-state index in [2.05, 4.69) is 0 Å². The van der Waals surface area contributed by atoms with E-state index in [-0.39, 0.29) is 12.4 Å². The summed E-state index contributed by atoms with van der Waals surface area (Å²) in [4.78, 5) is 11.1. The van der Waals surface area contributed by atoms with Crippen LogP contribution in [-0.2, 0) is 4.74 Å². The second kappa shape index (κ2) is 4.67. The van der Waals surface area contributed by atoms with Gasteiger partial charge in [0, 0.05) is 6.42 Å². The first kappa shape index (κ1) is 9.80. The zero-order valence-electron chi connectivity index (χ0n) is 7.40. The maximum atomic E-state index is 11.1. The van der Waals surface area contributed by atoms with Gasteiger partial charge in [-0.15, -0.1) is 0 Å². The Kier molecular flexibility index (Phi) is 3.52. The van der Waals surface area contributed by atoms with Crippen LogP contribution in [0.3, 0.4) is 0 Å². The van der Waals surface area contributed by atoms with Gasteiger partial charge in [-0.2, -0.15) is 0 Å². The third-order valence-corrected chi connectivity index (χ3v) is 1.49. The van der Waals surface area contributed by atoms with Gasteiger partial charge in [0.15, 0.2) is 0 Å². The lowest BCUT2D eigenvalue weighted by molar-refractivity contribution is 0.0409. The van der Waals surface area contributed by atoms with E-state index in [4.69, 9.17) is 14.3 Å². The predicted octanol–water partition coefficient (Wildman–Crippen LogP) is 1.21. The molecule has 0 bridgehead atoms. The molecule has 0 unspecified atom stereocenters. The van der Waals surface area contributed by atoms with Crippen molar-refractivity contribution >= 4 is 5.97 Å². The maximum Gasteiger partial charge on any atom is 0.374 e. The number of esters is 1. The smallest absolute Gasteiger partial charge is 0.374 e. The minimum absolute atomic E-state index is 0.186. The van der Waals surface area contributed by atoms with Gasteiger partial charge >= 0.3 is 5.97 Å². The van der Waals surface area contributed by atoms with Gasteiger partial charge in [-0.3, -0.25) is 0 Å². The lowest BCUT2D eigenvalue weighted by atomic mass is 10.3. The summed E-state index contributed by atoms with van der Waals surface area (Å²) in [5.74, 6) is -0.309. The first-order chi connectivity index (χ1) is 6.20. The van der Waals surface area contributed by atoms with Crippen LogP contribution in [0.4, 0.5) is 0 Å². The van der Waals surface area contributed by atoms with Gasteiger partial charge in [-0.1, -0.05) is 0 Å². The Hall–Kier alpha value is -1.29. The number of hydrogen-bond donors (Lipinski definition) is 1. The lowest BCUT2D eigenvalue weighted by Crippen LogP contribution is -2.10. The van der Waals surface area contributed by atoms with Gasteiger partial charge in [-0.05, 0) is 19.1 Å². The minimum Gasteiger partial charge on any atom is -0.460 e. The van der Waals surface area contributed by atoms with E-state index in [0.29, 0.717) is 6.42 Å². The number of hydrogen-bond acceptors (Lipinski definition) is 4. The molecule has 1 N–H and O–H groups in total. The Labute approximate surface area is 76.1 Å². The van der Waals surface area contributed by atoms with Crippen LogP contribution in [0, 0.1) is 0 Å². The van der Waals surface area contributed by atoms with Crippen molar-refractivity contribution < 1.29 is 19.1 Å². The van der Waals surface area contributed by atoms with Crippen LogP contribution in [-0.4, -0.2) is 23.8 Å². The number of rotatable bonds is 4. The topological polar surface area (TPSA) is 59.7 Å². The quantitative estimate of drug-likeness (QED) is 0.714. The van der Waals surface area contributed by atoms with E-state index in [0.717, 1.165) is 0 Å². The highest BCUT2D eigenvalue weighted by Gasteiger charge is 2.09. The Morgan fingerprint density at radius 3 is 3.08 bits per heavy atom. The highest BCUT2D eigenvalue weighted by Crippen LogP contribution is 2.02. The predicted molar refractivity (Wildman–Crippen MR) is 45.3 cm³/mol. The molecule has 1 aromatic rings. The summed E-state index contributed by atoms with van der Waals surface area (Å²) in [6.45, 7) is 1.85. The average molecular weight is 184 g/mol. The van der Waals surface area contributed by atoms with Crippen LogP contribution in [0.5, 0.6) is 0 Å². The molecule has 0 aliphatic rings. The summed E-state index contributed by atoms with van der Waals surface area (Å²) < 4.78 is 9.62. The van der Waals surface area contributed by atoms with Crippen LogP contribution >= 0.6 is 0 Å². The number of aliphatic hydroxyl groups excluding tert-OH is 1. The molecule has 4 nitrogen and oxygen atoms in total. The number of aliphatic hydroxyl groups is 1. The van der Waals surface area contributed by atoms with Gasteiger partial charge in [-0.25, -0.2) is 4.79 Å². The van der Waals surface area contributed by atoms with Gasteiger partial charge in [0.25, 0.3) is 0 Å². The summed E-state index contributed by atoms with van der Waals surface area (Å²) in [7, 11) is 0. The summed E-state index contributed by atoms with van der Waals surface area (Å²) in [6, 6.07) is 3.15. The largest absolute Gasteiger partial charge is 0.460 e. The lowest BCUT2D eigenvalue weighted by Gasteiger charge is -2.04. The summed E-state index contributed by atoms with van der Waals surface area (Å²) in [5, 5.41) is 8.88. The van der Waals surface area contributed by atoms with E-state index >= 15 is 0 Å². The van der Waals surface area contributed by atoms with Crippen molar-refractivity contribution in [2.45, 2.75) is 19.4 Å². The van der Waals surface area contributed by atoms with E-state index in [9.17, 15) is 4.79 Å². The highest BCUT2D eigenvalue weighted by molar-refractivity contribution is 5.86. The molecule has 1 atom stereocenters. The van der Waals surface area contributed by atoms with Crippen molar-refractivity contribution in [1.29, 1.82) is 0 Å². The molecule has 1 aromatic heterocycles. The molecule has 4 heteroatoms. The fourth-order valence-electron chi connectivity index (χ4n) is 0.788.